The van der Waals surface area contributed by atoms with Gasteiger partial charge in [-0.25, -0.2) is 0 Å². The topological polar surface area (TPSA) is 12.0 Å². The van der Waals surface area contributed by atoms with E-state index in [-0.39, 0.29) is 0 Å². The minimum atomic E-state index is 0.481. The van der Waals surface area contributed by atoms with Crippen LogP contribution in [0.4, 0.5) is 0 Å². The summed E-state index contributed by atoms with van der Waals surface area (Å²) >= 11 is 0. The lowest BCUT2D eigenvalue weighted by Crippen LogP contribution is -2.55. The van der Waals surface area contributed by atoms with Crippen molar-refractivity contribution < 1.29 is 0 Å². The summed E-state index contributed by atoms with van der Waals surface area (Å²) < 4.78 is 0. The number of hydrogen-bond acceptors (Lipinski definition) is 1. The first kappa shape index (κ1) is 12.0. The van der Waals surface area contributed by atoms with Gasteiger partial charge in [0.2, 0.25) is 0 Å². The van der Waals surface area contributed by atoms with E-state index in [0.717, 1.165) is 29.7 Å². The van der Waals surface area contributed by atoms with Gasteiger partial charge in [0.05, 0.1) is 0 Å². The van der Waals surface area contributed by atoms with Gasteiger partial charge in [-0.3, -0.25) is 0 Å². The summed E-state index contributed by atoms with van der Waals surface area (Å²) in [6, 6.07) is 0.869. The molecule has 1 heteroatoms. The minimum absolute atomic E-state index is 0.481. The van der Waals surface area contributed by atoms with Crippen molar-refractivity contribution >= 4 is 0 Å². The number of nitrogens with one attached hydrogen (secondary N) is 1. The zero-order valence-corrected chi connectivity index (χ0v) is 11.8. The third kappa shape index (κ3) is 2.28. The lowest BCUT2D eigenvalue weighted by Gasteiger charge is -2.55. The van der Waals surface area contributed by atoms with Gasteiger partial charge in [-0.05, 0) is 67.6 Å². The van der Waals surface area contributed by atoms with E-state index >= 15 is 0 Å². The van der Waals surface area contributed by atoms with Crippen LogP contribution in [0.25, 0.3) is 0 Å². The molecule has 4 bridgehead atoms. The Morgan fingerprint density at radius 1 is 0.941 bits per heavy atom. The molecule has 0 aromatic heterocycles. The molecule has 0 saturated heterocycles. The van der Waals surface area contributed by atoms with Crippen LogP contribution < -0.4 is 5.32 Å². The second-order valence-corrected chi connectivity index (χ2v) is 7.86. The second-order valence-electron chi connectivity index (χ2n) is 7.86. The maximum atomic E-state index is 3.96. The standard InChI is InChI=1S/C16H29N/c1-4-16(2,3)10-17-15-13-6-11-5-12(8-13)9-14(15)7-11/h11-15,17H,4-10H2,1-3H3. The van der Waals surface area contributed by atoms with Crippen LogP contribution in [0.5, 0.6) is 0 Å². The molecule has 0 spiro atoms. The van der Waals surface area contributed by atoms with Crippen molar-refractivity contribution in [2.24, 2.45) is 29.1 Å². The molecular weight excluding hydrogens is 206 g/mol. The Hall–Kier alpha value is -0.0400. The van der Waals surface area contributed by atoms with E-state index in [4.69, 9.17) is 0 Å². The summed E-state index contributed by atoms with van der Waals surface area (Å²) in [6.07, 6.45) is 9.01. The van der Waals surface area contributed by atoms with Crippen molar-refractivity contribution in [3.8, 4) is 0 Å². The molecule has 0 heterocycles. The fraction of sp³-hybridized carbons (Fsp3) is 1.00. The van der Waals surface area contributed by atoms with Gasteiger partial charge in [-0.2, -0.15) is 0 Å². The molecule has 1 N–H and O–H groups in total. The maximum Gasteiger partial charge on any atom is 0.0124 e. The minimum Gasteiger partial charge on any atom is -0.313 e. The van der Waals surface area contributed by atoms with Crippen LogP contribution in [0.1, 0.15) is 59.3 Å². The second kappa shape index (κ2) is 4.26. The highest BCUT2D eigenvalue weighted by Crippen LogP contribution is 2.53. The Morgan fingerprint density at radius 3 is 1.94 bits per heavy atom. The molecule has 4 saturated carbocycles. The zero-order chi connectivity index (χ0) is 12.0. The van der Waals surface area contributed by atoms with E-state index in [1.165, 1.54) is 38.6 Å². The molecular formula is C16H29N. The molecule has 0 aromatic rings. The van der Waals surface area contributed by atoms with Gasteiger partial charge < -0.3 is 5.32 Å². The van der Waals surface area contributed by atoms with Gasteiger partial charge in [0.1, 0.15) is 0 Å². The monoisotopic (exact) mass is 235 g/mol. The Bertz CT molecular complexity index is 253. The smallest absolute Gasteiger partial charge is 0.0124 e. The zero-order valence-electron chi connectivity index (χ0n) is 11.8. The van der Waals surface area contributed by atoms with E-state index in [2.05, 4.69) is 26.1 Å². The average Bonchev–Trinajstić information content (AvgIpc) is 2.27. The van der Waals surface area contributed by atoms with Gasteiger partial charge in [-0.15, -0.1) is 0 Å². The lowest BCUT2D eigenvalue weighted by molar-refractivity contribution is -0.0165. The predicted molar refractivity (Wildman–Crippen MR) is 72.9 cm³/mol. The van der Waals surface area contributed by atoms with Crippen molar-refractivity contribution in [3.05, 3.63) is 0 Å². The molecule has 0 unspecified atom stereocenters. The van der Waals surface area contributed by atoms with Gasteiger partial charge in [0.25, 0.3) is 0 Å². The summed E-state index contributed by atoms with van der Waals surface area (Å²) in [5, 5.41) is 3.96. The average molecular weight is 235 g/mol. The molecule has 4 rings (SSSR count). The van der Waals surface area contributed by atoms with Crippen molar-refractivity contribution in [2.75, 3.05) is 6.54 Å². The quantitative estimate of drug-likeness (QED) is 0.781. The van der Waals surface area contributed by atoms with E-state index in [9.17, 15) is 0 Å². The predicted octanol–water partition coefficient (Wildman–Crippen LogP) is 3.84. The van der Waals surface area contributed by atoms with Crippen molar-refractivity contribution in [3.63, 3.8) is 0 Å². The van der Waals surface area contributed by atoms with Crippen molar-refractivity contribution in [1.82, 2.24) is 5.32 Å². The summed E-state index contributed by atoms with van der Waals surface area (Å²) in [6.45, 7) is 8.33. The van der Waals surface area contributed by atoms with Crippen LogP contribution in [0.2, 0.25) is 0 Å². The fourth-order valence-corrected chi connectivity index (χ4v) is 4.78. The Balaban J connectivity index is 1.61. The van der Waals surface area contributed by atoms with E-state index in [1.54, 1.807) is 6.42 Å². The molecule has 0 atom stereocenters. The summed E-state index contributed by atoms with van der Waals surface area (Å²) in [7, 11) is 0. The van der Waals surface area contributed by atoms with Gasteiger partial charge in [-0.1, -0.05) is 20.8 Å². The van der Waals surface area contributed by atoms with Crippen LogP contribution in [-0.2, 0) is 0 Å². The molecule has 0 aliphatic heterocycles. The van der Waals surface area contributed by atoms with Crippen LogP contribution in [0, 0.1) is 29.1 Å². The Morgan fingerprint density at radius 2 is 1.47 bits per heavy atom. The third-order valence-electron chi connectivity index (χ3n) is 6.00. The van der Waals surface area contributed by atoms with E-state index in [1.807, 2.05) is 0 Å². The van der Waals surface area contributed by atoms with Gasteiger partial charge >= 0.3 is 0 Å². The van der Waals surface area contributed by atoms with E-state index in [0.29, 0.717) is 5.41 Å². The summed E-state index contributed by atoms with van der Waals surface area (Å²) in [4.78, 5) is 0. The van der Waals surface area contributed by atoms with Crippen LogP contribution in [0.15, 0.2) is 0 Å². The summed E-state index contributed by atoms with van der Waals surface area (Å²) in [5.41, 5.74) is 0.481. The first-order chi connectivity index (χ1) is 8.07. The van der Waals surface area contributed by atoms with Crippen LogP contribution in [0.3, 0.4) is 0 Å². The highest BCUT2D eigenvalue weighted by molar-refractivity contribution is 5.01. The van der Waals surface area contributed by atoms with Crippen LogP contribution >= 0.6 is 0 Å². The number of rotatable bonds is 4. The van der Waals surface area contributed by atoms with Crippen molar-refractivity contribution in [1.29, 1.82) is 0 Å². The third-order valence-corrected chi connectivity index (χ3v) is 6.00. The number of hydrogen-bond donors (Lipinski definition) is 1. The molecule has 98 valence electrons. The highest BCUT2D eigenvalue weighted by Gasteiger charge is 2.48. The SMILES string of the molecule is CCC(C)(C)CNC1C2CC3CC(C2)CC1C3. The van der Waals surface area contributed by atoms with Crippen molar-refractivity contribution in [2.45, 2.75) is 65.3 Å². The largest absolute Gasteiger partial charge is 0.313 e. The normalized spacial score (nSPS) is 44.3. The molecule has 4 fully saturated rings. The molecule has 0 radical (unpaired) electrons. The molecule has 4 aliphatic rings. The highest BCUT2D eigenvalue weighted by atomic mass is 15.0. The van der Waals surface area contributed by atoms with Gasteiger partial charge in [0, 0.05) is 12.6 Å². The van der Waals surface area contributed by atoms with Crippen LogP contribution in [-0.4, -0.2) is 12.6 Å². The molecule has 0 aromatic carbocycles. The fourth-order valence-electron chi connectivity index (χ4n) is 4.78. The Labute approximate surface area is 107 Å². The maximum absolute atomic E-state index is 3.96. The lowest BCUT2D eigenvalue weighted by atomic mass is 9.54. The van der Waals surface area contributed by atoms with Gasteiger partial charge in [0.15, 0.2) is 0 Å². The Kier molecular flexibility index (Phi) is 3.01. The molecule has 4 aliphatic carbocycles. The van der Waals surface area contributed by atoms with E-state index < -0.39 is 0 Å². The molecule has 1 nitrogen and oxygen atoms in total. The first-order valence-corrected chi connectivity index (χ1v) is 7.81. The first-order valence-electron chi connectivity index (χ1n) is 7.81. The molecule has 0 amide bonds. The summed E-state index contributed by atoms with van der Waals surface area (Å²) in [5.74, 6) is 4.27. The molecule has 17 heavy (non-hydrogen) atoms.